The summed E-state index contributed by atoms with van der Waals surface area (Å²) in [7, 11) is -1.77. The van der Waals surface area contributed by atoms with Crippen molar-refractivity contribution < 1.29 is 14.4 Å². The number of carbonyl (C=O) groups excluding carboxylic acids is 3. The van der Waals surface area contributed by atoms with Crippen LogP contribution in [0, 0.1) is 41.5 Å². The van der Waals surface area contributed by atoms with Gasteiger partial charge in [0.2, 0.25) is 0 Å². The monoisotopic (exact) mass is 368 g/mol. The molecule has 0 aliphatic heterocycles. The molecule has 26 heavy (non-hydrogen) atoms. The molecule has 0 spiro atoms. The zero-order chi connectivity index (χ0) is 19.6. The molecule has 3 nitrogen and oxygen atoms in total. The van der Waals surface area contributed by atoms with E-state index in [0.29, 0.717) is 17.4 Å². The summed E-state index contributed by atoms with van der Waals surface area (Å²) < 4.78 is 0. The average Bonchev–Trinajstić information content (AvgIpc) is 2.50. The third-order valence-electron chi connectivity index (χ3n) is 4.53. The van der Waals surface area contributed by atoms with Crippen molar-refractivity contribution in [3.05, 3.63) is 68.8 Å². The Balaban J connectivity index is 2.55. The minimum Gasteiger partial charge on any atom is -0.303 e. The van der Waals surface area contributed by atoms with Crippen molar-refractivity contribution >= 4 is 25.3 Å². The number of aryl methyl sites for hydroxylation is 6. The molecule has 0 bridgehead atoms. The number of hydrogen-bond acceptors (Lipinski definition) is 3. The van der Waals surface area contributed by atoms with Gasteiger partial charge in [0.15, 0.2) is 11.0 Å². The standard InChI is InChI=1S/C22H25O3P/c1-13-9-15(3)19(16(4)10-13)21(24)26(8-7-23)22(25)20-17(5)11-14(2)12-18(20)6/h7,9-12H,8H2,1-6H3. The smallest absolute Gasteiger partial charge is 0.193 e. The molecular formula is C22H25O3P. The molecule has 0 N–H and O–H groups in total. The number of carbonyl (C=O) groups is 3. The number of rotatable bonds is 6. The molecule has 0 heterocycles. The molecule has 0 unspecified atom stereocenters. The second kappa shape index (κ2) is 8.05. The van der Waals surface area contributed by atoms with E-state index in [2.05, 4.69) is 0 Å². The minimum atomic E-state index is -1.77. The lowest BCUT2D eigenvalue weighted by molar-refractivity contribution is -0.105. The first-order valence-corrected chi connectivity index (χ1v) is 10.2. The molecule has 0 aliphatic rings. The fourth-order valence-electron chi connectivity index (χ4n) is 3.64. The van der Waals surface area contributed by atoms with E-state index in [4.69, 9.17) is 0 Å². The summed E-state index contributed by atoms with van der Waals surface area (Å²) in [5.74, 6) is 0. The molecule has 2 rings (SSSR count). The maximum Gasteiger partial charge on any atom is 0.193 e. The van der Waals surface area contributed by atoms with Crippen LogP contribution in [0.25, 0.3) is 0 Å². The lowest BCUT2D eigenvalue weighted by atomic mass is 10.0. The minimum absolute atomic E-state index is 0.0352. The molecule has 0 saturated heterocycles. The van der Waals surface area contributed by atoms with E-state index in [-0.39, 0.29) is 17.2 Å². The third kappa shape index (κ3) is 3.99. The topological polar surface area (TPSA) is 51.2 Å². The number of benzene rings is 2. The van der Waals surface area contributed by atoms with Crippen LogP contribution in [0.2, 0.25) is 0 Å². The van der Waals surface area contributed by atoms with Crippen LogP contribution < -0.4 is 0 Å². The molecule has 4 heteroatoms. The van der Waals surface area contributed by atoms with E-state index in [0.717, 1.165) is 33.4 Å². The highest BCUT2D eigenvalue weighted by Gasteiger charge is 2.31. The highest BCUT2D eigenvalue weighted by Crippen LogP contribution is 2.45. The summed E-state index contributed by atoms with van der Waals surface area (Å²) in [6, 6.07) is 7.78. The van der Waals surface area contributed by atoms with Crippen LogP contribution in [0.5, 0.6) is 0 Å². The Hall–Kier alpha value is -2.12. The van der Waals surface area contributed by atoms with Gasteiger partial charge in [-0.15, -0.1) is 0 Å². The molecule has 0 aliphatic carbocycles. The van der Waals surface area contributed by atoms with Gasteiger partial charge >= 0.3 is 0 Å². The van der Waals surface area contributed by atoms with Crippen molar-refractivity contribution in [2.75, 3.05) is 6.16 Å². The van der Waals surface area contributed by atoms with Crippen LogP contribution in [0.1, 0.15) is 54.1 Å². The highest BCUT2D eigenvalue weighted by atomic mass is 31.1. The Labute approximate surface area is 156 Å². The third-order valence-corrected chi connectivity index (χ3v) is 6.47. The predicted octanol–water partition coefficient (Wildman–Crippen LogP) is 5.20. The zero-order valence-corrected chi connectivity index (χ0v) is 17.2. The van der Waals surface area contributed by atoms with Crippen molar-refractivity contribution in [2.45, 2.75) is 41.5 Å². The van der Waals surface area contributed by atoms with Gasteiger partial charge in [0.05, 0.1) is 7.92 Å². The van der Waals surface area contributed by atoms with Gasteiger partial charge in [0.1, 0.15) is 6.29 Å². The van der Waals surface area contributed by atoms with Gasteiger partial charge < -0.3 is 4.79 Å². The Kier molecular flexibility index (Phi) is 6.26. The van der Waals surface area contributed by atoms with E-state index in [1.165, 1.54) is 0 Å². The first-order chi connectivity index (χ1) is 12.2. The summed E-state index contributed by atoms with van der Waals surface area (Å²) in [6.07, 6.45) is 0.658. The molecule has 2 aromatic carbocycles. The largest absolute Gasteiger partial charge is 0.303 e. The van der Waals surface area contributed by atoms with Gasteiger partial charge in [0.25, 0.3) is 0 Å². The lowest BCUT2D eigenvalue weighted by Crippen LogP contribution is -2.14. The Bertz CT molecular complexity index is 781. The number of hydrogen-bond donors (Lipinski definition) is 0. The summed E-state index contributed by atoms with van der Waals surface area (Å²) >= 11 is 0. The van der Waals surface area contributed by atoms with Gasteiger partial charge in [-0.3, -0.25) is 9.59 Å². The van der Waals surface area contributed by atoms with Crippen molar-refractivity contribution in [2.24, 2.45) is 0 Å². The molecule has 2 aromatic rings. The SMILES string of the molecule is Cc1cc(C)c(C(=O)P(CC=O)C(=O)c2c(C)cc(C)cc2C)c(C)c1. The fraction of sp³-hybridized carbons (Fsp3) is 0.318. The highest BCUT2D eigenvalue weighted by molar-refractivity contribution is 7.90. The van der Waals surface area contributed by atoms with Crippen molar-refractivity contribution in [1.29, 1.82) is 0 Å². The number of aldehydes is 1. The normalized spacial score (nSPS) is 10.9. The zero-order valence-electron chi connectivity index (χ0n) is 16.3. The maximum absolute atomic E-state index is 13.2. The summed E-state index contributed by atoms with van der Waals surface area (Å²) in [4.78, 5) is 37.7. The van der Waals surface area contributed by atoms with E-state index < -0.39 is 7.92 Å². The predicted molar refractivity (Wildman–Crippen MR) is 108 cm³/mol. The molecule has 0 atom stereocenters. The Morgan fingerprint density at radius 1 is 0.731 bits per heavy atom. The Morgan fingerprint density at radius 2 is 1.04 bits per heavy atom. The molecule has 0 saturated carbocycles. The molecule has 0 radical (unpaired) electrons. The van der Waals surface area contributed by atoms with Crippen molar-refractivity contribution in [3.8, 4) is 0 Å². The lowest BCUT2D eigenvalue weighted by Gasteiger charge is -2.19. The second-order valence-corrected chi connectivity index (χ2v) is 8.97. The van der Waals surface area contributed by atoms with Crippen LogP contribution in [0.3, 0.4) is 0 Å². The maximum atomic E-state index is 13.2. The van der Waals surface area contributed by atoms with Crippen LogP contribution in [0.4, 0.5) is 0 Å². The Morgan fingerprint density at radius 3 is 1.31 bits per heavy atom. The molecule has 0 aromatic heterocycles. The van der Waals surface area contributed by atoms with E-state index >= 15 is 0 Å². The van der Waals surface area contributed by atoms with Crippen LogP contribution >= 0.6 is 7.92 Å². The van der Waals surface area contributed by atoms with Crippen LogP contribution in [0.15, 0.2) is 24.3 Å². The summed E-state index contributed by atoms with van der Waals surface area (Å²) in [5, 5.41) is 0. The summed E-state index contributed by atoms with van der Waals surface area (Å²) in [5.41, 5.74) is 6.34. The van der Waals surface area contributed by atoms with E-state index in [1.807, 2.05) is 65.8 Å². The van der Waals surface area contributed by atoms with Gasteiger partial charge in [-0.1, -0.05) is 35.4 Å². The van der Waals surface area contributed by atoms with Gasteiger partial charge in [-0.25, -0.2) is 0 Å². The quantitative estimate of drug-likeness (QED) is 0.520. The van der Waals surface area contributed by atoms with Crippen molar-refractivity contribution in [1.82, 2.24) is 0 Å². The first kappa shape index (κ1) is 20.2. The first-order valence-electron chi connectivity index (χ1n) is 8.63. The van der Waals surface area contributed by atoms with Gasteiger partial charge in [-0.05, 0) is 63.8 Å². The van der Waals surface area contributed by atoms with Gasteiger partial charge in [-0.2, -0.15) is 0 Å². The van der Waals surface area contributed by atoms with E-state index in [1.54, 1.807) is 0 Å². The van der Waals surface area contributed by atoms with Crippen LogP contribution in [-0.2, 0) is 4.79 Å². The summed E-state index contributed by atoms with van der Waals surface area (Å²) in [6.45, 7) is 11.5. The molecule has 0 fully saturated rings. The molecule has 136 valence electrons. The molecular weight excluding hydrogens is 343 g/mol. The van der Waals surface area contributed by atoms with Gasteiger partial charge in [0, 0.05) is 17.3 Å². The van der Waals surface area contributed by atoms with Crippen LogP contribution in [-0.4, -0.2) is 23.5 Å². The van der Waals surface area contributed by atoms with Crippen molar-refractivity contribution in [3.63, 3.8) is 0 Å². The average molecular weight is 368 g/mol. The second-order valence-electron chi connectivity index (χ2n) is 6.94. The molecule has 0 amide bonds. The fourth-order valence-corrected chi connectivity index (χ4v) is 5.55. The van der Waals surface area contributed by atoms with E-state index in [9.17, 15) is 14.4 Å².